The minimum atomic E-state index is -0.463. The summed E-state index contributed by atoms with van der Waals surface area (Å²) in [6.07, 6.45) is 1.64. The normalized spacial score (nSPS) is 11.0. The molecule has 0 bridgehead atoms. The number of carbonyl (C=O) groups is 3. The highest BCUT2D eigenvalue weighted by Gasteiger charge is 2.16. The van der Waals surface area contributed by atoms with Crippen molar-refractivity contribution in [2.45, 2.75) is 4.90 Å². The van der Waals surface area contributed by atoms with Gasteiger partial charge in [-0.1, -0.05) is 54.1 Å². The molecule has 0 saturated carbocycles. The van der Waals surface area contributed by atoms with Gasteiger partial charge in [0.15, 0.2) is 5.78 Å². The standard InChI is InChI=1S/C32H28ClN3O3S/c1-36(2)25-16-12-22(13-17-25)20-29(35-31(38)23-8-4-3-5-9-23)32(39)34-24-14-18-26(19-15-24)40-21-30(37)27-10-6-7-11-28(27)33/h3-20H,21H2,1-2H3,(H,34,39)(H,35,38)/b29-20-. The summed E-state index contributed by atoms with van der Waals surface area (Å²) in [5, 5.41) is 6.03. The molecule has 0 aliphatic heterocycles. The highest BCUT2D eigenvalue weighted by atomic mass is 35.5. The Labute approximate surface area is 243 Å². The van der Waals surface area contributed by atoms with Gasteiger partial charge in [-0.2, -0.15) is 0 Å². The van der Waals surface area contributed by atoms with Crippen LogP contribution >= 0.6 is 23.4 Å². The molecule has 202 valence electrons. The summed E-state index contributed by atoms with van der Waals surface area (Å²) < 4.78 is 0. The predicted molar refractivity (Wildman–Crippen MR) is 164 cm³/mol. The third-order valence-electron chi connectivity index (χ3n) is 5.91. The molecule has 0 saturated heterocycles. The van der Waals surface area contributed by atoms with E-state index in [-0.39, 0.29) is 23.1 Å². The van der Waals surface area contributed by atoms with Crippen LogP contribution in [0.3, 0.4) is 0 Å². The summed E-state index contributed by atoms with van der Waals surface area (Å²) in [6, 6.07) is 30.5. The Bertz CT molecular complexity index is 1520. The van der Waals surface area contributed by atoms with E-state index >= 15 is 0 Å². The molecule has 6 nitrogen and oxygen atoms in total. The first kappa shape index (κ1) is 28.7. The maximum atomic E-state index is 13.3. The maximum Gasteiger partial charge on any atom is 0.272 e. The van der Waals surface area contributed by atoms with E-state index in [1.165, 1.54) is 11.8 Å². The number of rotatable bonds is 10. The van der Waals surface area contributed by atoms with Crippen LogP contribution in [0.4, 0.5) is 11.4 Å². The molecule has 2 N–H and O–H groups in total. The van der Waals surface area contributed by atoms with E-state index in [0.717, 1.165) is 16.1 Å². The second-order valence-electron chi connectivity index (χ2n) is 9.03. The number of carbonyl (C=O) groups excluding carboxylic acids is 3. The van der Waals surface area contributed by atoms with Gasteiger partial charge in [0.1, 0.15) is 5.70 Å². The second kappa shape index (κ2) is 13.6. The maximum absolute atomic E-state index is 13.3. The first-order valence-corrected chi connectivity index (χ1v) is 13.8. The minimum absolute atomic E-state index is 0.0597. The molecule has 4 rings (SSSR count). The fraction of sp³-hybridized carbons (Fsp3) is 0.0938. The molecule has 8 heteroatoms. The number of nitrogens with one attached hydrogen (secondary N) is 2. The predicted octanol–water partition coefficient (Wildman–Crippen LogP) is 6.79. The third kappa shape index (κ3) is 7.85. The summed E-state index contributed by atoms with van der Waals surface area (Å²) in [5.41, 5.74) is 3.37. The van der Waals surface area contributed by atoms with Crippen LogP contribution in [-0.4, -0.2) is 37.4 Å². The van der Waals surface area contributed by atoms with Gasteiger partial charge in [0.05, 0.1) is 10.8 Å². The number of hydrogen-bond acceptors (Lipinski definition) is 5. The lowest BCUT2D eigenvalue weighted by Gasteiger charge is -2.13. The summed E-state index contributed by atoms with van der Waals surface area (Å²) in [4.78, 5) is 41.5. The number of Topliss-reactive ketones (excluding diaryl/α,β-unsaturated/α-hetero) is 1. The molecule has 2 amide bonds. The number of thioether (sulfide) groups is 1. The topological polar surface area (TPSA) is 78.5 Å². The van der Waals surface area contributed by atoms with Crippen LogP contribution in [0.1, 0.15) is 26.3 Å². The fourth-order valence-electron chi connectivity index (χ4n) is 3.72. The van der Waals surface area contributed by atoms with Crippen LogP contribution in [0.5, 0.6) is 0 Å². The lowest BCUT2D eigenvalue weighted by molar-refractivity contribution is -0.113. The van der Waals surface area contributed by atoms with Crippen LogP contribution in [0.25, 0.3) is 6.08 Å². The fourth-order valence-corrected chi connectivity index (χ4v) is 4.75. The van der Waals surface area contributed by atoms with Gasteiger partial charge < -0.3 is 15.5 Å². The molecule has 40 heavy (non-hydrogen) atoms. The summed E-state index contributed by atoms with van der Waals surface area (Å²) in [6.45, 7) is 0. The van der Waals surface area contributed by atoms with Crippen molar-refractivity contribution in [3.05, 3.63) is 131 Å². The molecule has 0 aliphatic rings. The largest absolute Gasteiger partial charge is 0.378 e. The SMILES string of the molecule is CN(C)c1ccc(/C=C(\NC(=O)c2ccccc2)C(=O)Nc2ccc(SCC(=O)c3ccccc3Cl)cc2)cc1. The van der Waals surface area contributed by atoms with Gasteiger partial charge >= 0.3 is 0 Å². The zero-order chi connectivity index (χ0) is 28.5. The number of nitrogens with zero attached hydrogens (tertiary/aromatic N) is 1. The van der Waals surface area contributed by atoms with Crippen molar-refractivity contribution < 1.29 is 14.4 Å². The second-order valence-corrected chi connectivity index (χ2v) is 10.5. The Morgan fingerprint density at radius 1 is 0.825 bits per heavy atom. The molecule has 4 aromatic carbocycles. The summed E-state index contributed by atoms with van der Waals surface area (Å²) >= 11 is 7.51. The van der Waals surface area contributed by atoms with E-state index in [2.05, 4.69) is 10.6 Å². The lowest BCUT2D eigenvalue weighted by Crippen LogP contribution is -2.30. The van der Waals surface area contributed by atoms with Crippen molar-refractivity contribution in [3.63, 3.8) is 0 Å². The number of ketones is 1. The van der Waals surface area contributed by atoms with E-state index in [9.17, 15) is 14.4 Å². The van der Waals surface area contributed by atoms with Gasteiger partial charge in [-0.05, 0) is 72.3 Å². The van der Waals surface area contributed by atoms with Crippen LogP contribution in [-0.2, 0) is 4.79 Å². The Balaban J connectivity index is 1.46. The van der Waals surface area contributed by atoms with E-state index in [1.807, 2.05) is 61.5 Å². The lowest BCUT2D eigenvalue weighted by atomic mass is 10.1. The van der Waals surface area contributed by atoms with Crippen LogP contribution < -0.4 is 15.5 Å². The first-order valence-electron chi connectivity index (χ1n) is 12.5. The van der Waals surface area contributed by atoms with Crippen LogP contribution in [0.15, 0.2) is 114 Å². The Hall–Kier alpha value is -4.33. The van der Waals surface area contributed by atoms with Gasteiger partial charge in [0, 0.05) is 41.5 Å². The highest BCUT2D eigenvalue weighted by Crippen LogP contribution is 2.24. The quantitative estimate of drug-likeness (QED) is 0.125. The monoisotopic (exact) mass is 569 g/mol. The summed E-state index contributed by atoms with van der Waals surface area (Å²) in [7, 11) is 3.90. The van der Waals surface area contributed by atoms with Crippen molar-refractivity contribution >= 4 is 58.4 Å². The van der Waals surface area contributed by atoms with Gasteiger partial charge in [-0.3, -0.25) is 14.4 Å². The van der Waals surface area contributed by atoms with E-state index < -0.39 is 5.91 Å². The van der Waals surface area contributed by atoms with E-state index in [0.29, 0.717) is 21.8 Å². The molecule has 0 aliphatic carbocycles. The highest BCUT2D eigenvalue weighted by molar-refractivity contribution is 8.00. The molecule has 0 spiro atoms. The molecule has 0 unspecified atom stereocenters. The van der Waals surface area contributed by atoms with E-state index in [1.54, 1.807) is 66.7 Å². The van der Waals surface area contributed by atoms with Crippen LogP contribution in [0, 0.1) is 0 Å². The van der Waals surface area contributed by atoms with Crippen molar-refractivity contribution in [2.24, 2.45) is 0 Å². The molecule has 0 atom stereocenters. The molecule has 4 aromatic rings. The smallest absolute Gasteiger partial charge is 0.272 e. The molecule has 0 fully saturated rings. The molecular weight excluding hydrogens is 542 g/mol. The molecule has 0 heterocycles. The average molecular weight is 570 g/mol. The molecular formula is C32H28ClN3O3S. The Morgan fingerprint density at radius 3 is 2.12 bits per heavy atom. The zero-order valence-corrected chi connectivity index (χ0v) is 23.6. The van der Waals surface area contributed by atoms with Gasteiger partial charge in [0.2, 0.25) is 0 Å². The average Bonchev–Trinajstić information content (AvgIpc) is 2.97. The first-order chi connectivity index (χ1) is 19.3. The van der Waals surface area contributed by atoms with Gasteiger partial charge in [-0.25, -0.2) is 0 Å². The Kier molecular flexibility index (Phi) is 9.78. The van der Waals surface area contributed by atoms with Crippen molar-refractivity contribution in [1.82, 2.24) is 5.32 Å². The number of amides is 2. The van der Waals surface area contributed by atoms with Crippen molar-refractivity contribution in [2.75, 3.05) is 30.1 Å². The van der Waals surface area contributed by atoms with Crippen molar-refractivity contribution in [3.8, 4) is 0 Å². The van der Waals surface area contributed by atoms with Gasteiger partial charge in [0.25, 0.3) is 11.8 Å². The third-order valence-corrected chi connectivity index (χ3v) is 7.25. The van der Waals surface area contributed by atoms with E-state index in [4.69, 9.17) is 11.6 Å². The Morgan fingerprint density at radius 2 is 1.48 bits per heavy atom. The minimum Gasteiger partial charge on any atom is -0.378 e. The number of anilines is 2. The molecule has 0 radical (unpaired) electrons. The summed E-state index contributed by atoms with van der Waals surface area (Å²) in [5.74, 6) is -0.673. The van der Waals surface area contributed by atoms with Crippen LogP contribution in [0.2, 0.25) is 5.02 Å². The number of halogens is 1. The number of hydrogen-bond donors (Lipinski definition) is 2. The zero-order valence-electron chi connectivity index (χ0n) is 22.1. The number of benzene rings is 4. The molecule has 0 aromatic heterocycles. The van der Waals surface area contributed by atoms with Crippen molar-refractivity contribution in [1.29, 1.82) is 0 Å². The van der Waals surface area contributed by atoms with Gasteiger partial charge in [-0.15, -0.1) is 11.8 Å².